The Morgan fingerprint density at radius 2 is 1.62 bits per heavy atom. The second-order valence-electron chi connectivity index (χ2n) is 8.42. The number of ether oxygens (including phenoxy) is 1. The van der Waals surface area contributed by atoms with Gasteiger partial charge in [0.25, 0.3) is 5.91 Å². The molecule has 1 N–H and O–H groups in total. The molecule has 0 unspecified atom stereocenters. The molecule has 6 nitrogen and oxygen atoms in total. The molecule has 1 amide bonds. The average molecular weight is 497 g/mol. The van der Waals surface area contributed by atoms with Crippen LogP contribution in [0.15, 0.2) is 97.1 Å². The van der Waals surface area contributed by atoms with Crippen LogP contribution in [-0.2, 0) is 6.61 Å². The minimum Gasteiger partial charge on any atom is -0.457 e. The Kier molecular flexibility index (Phi) is 6.72. The first-order valence-electron chi connectivity index (χ1n) is 11.5. The number of rotatable bonds is 7. The lowest BCUT2D eigenvalue weighted by Crippen LogP contribution is -2.11. The summed E-state index contributed by atoms with van der Waals surface area (Å²) < 4.78 is 34.4. The number of halogens is 2. The SMILES string of the molecule is Cc1ccc(C(=O)Nc2ccc(-n3nc(OCc4ccc(F)cc4)nc3-c3cccc(F)c3)cc2)cc1. The van der Waals surface area contributed by atoms with Crippen LogP contribution in [0.3, 0.4) is 0 Å². The third-order valence-electron chi connectivity index (χ3n) is 5.64. The Balaban J connectivity index is 1.40. The van der Waals surface area contributed by atoms with Gasteiger partial charge >= 0.3 is 6.01 Å². The number of anilines is 1. The Morgan fingerprint density at radius 3 is 2.32 bits per heavy atom. The summed E-state index contributed by atoms with van der Waals surface area (Å²) in [5, 5.41) is 7.34. The zero-order valence-corrected chi connectivity index (χ0v) is 19.9. The van der Waals surface area contributed by atoms with Gasteiger partial charge in [-0.3, -0.25) is 4.79 Å². The maximum atomic E-state index is 14.0. The van der Waals surface area contributed by atoms with Gasteiger partial charge in [-0.15, -0.1) is 5.10 Å². The van der Waals surface area contributed by atoms with Crippen molar-refractivity contribution in [3.05, 3.63) is 125 Å². The zero-order valence-electron chi connectivity index (χ0n) is 19.9. The van der Waals surface area contributed by atoms with E-state index in [1.807, 2.05) is 19.1 Å². The molecule has 0 saturated heterocycles. The summed E-state index contributed by atoms with van der Waals surface area (Å²) >= 11 is 0. The van der Waals surface area contributed by atoms with Crippen LogP contribution in [0.4, 0.5) is 14.5 Å². The van der Waals surface area contributed by atoms with Crippen molar-refractivity contribution in [3.8, 4) is 23.1 Å². The van der Waals surface area contributed by atoms with Crippen LogP contribution in [0.2, 0.25) is 0 Å². The van der Waals surface area contributed by atoms with Gasteiger partial charge in [-0.25, -0.2) is 13.5 Å². The lowest BCUT2D eigenvalue weighted by Gasteiger charge is -2.09. The van der Waals surface area contributed by atoms with E-state index in [0.29, 0.717) is 28.3 Å². The van der Waals surface area contributed by atoms with Crippen molar-refractivity contribution in [3.63, 3.8) is 0 Å². The standard InChI is InChI=1S/C29H22F2N4O2/c1-19-5-9-21(10-6-19)28(36)32-25-13-15-26(16-14-25)35-27(22-3-2-4-24(31)17-22)33-29(34-35)37-18-20-7-11-23(30)12-8-20/h2-17H,18H2,1H3,(H,32,36). The topological polar surface area (TPSA) is 69.0 Å². The van der Waals surface area contributed by atoms with E-state index in [1.165, 1.54) is 24.3 Å². The predicted octanol–water partition coefficient (Wildman–Crippen LogP) is 6.35. The van der Waals surface area contributed by atoms with Crippen LogP contribution in [0.1, 0.15) is 21.5 Å². The summed E-state index contributed by atoms with van der Waals surface area (Å²) in [6.45, 7) is 2.10. The van der Waals surface area contributed by atoms with Crippen molar-refractivity contribution >= 4 is 11.6 Å². The van der Waals surface area contributed by atoms with Gasteiger partial charge in [0.05, 0.1) is 5.69 Å². The number of benzene rings is 4. The summed E-state index contributed by atoms with van der Waals surface area (Å²) in [5.74, 6) is -0.580. The van der Waals surface area contributed by atoms with Crippen LogP contribution >= 0.6 is 0 Å². The van der Waals surface area contributed by atoms with Gasteiger partial charge in [0.15, 0.2) is 5.82 Å². The molecular formula is C29H22F2N4O2. The Labute approximate surface area is 212 Å². The molecule has 5 aromatic rings. The number of carbonyl (C=O) groups is 1. The predicted molar refractivity (Wildman–Crippen MR) is 137 cm³/mol. The molecule has 5 rings (SSSR count). The summed E-state index contributed by atoms with van der Waals surface area (Å²) in [6.07, 6.45) is 0. The second kappa shape index (κ2) is 10.4. The van der Waals surface area contributed by atoms with Crippen LogP contribution in [-0.4, -0.2) is 20.7 Å². The highest BCUT2D eigenvalue weighted by molar-refractivity contribution is 6.04. The minimum absolute atomic E-state index is 0.0836. The Hall–Kier alpha value is -4.85. The third-order valence-corrected chi connectivity index (χ3v) is 5.64. The van der Waals surface area contributed by atoms with Gasteiger partial charge in [-0.05, 0) is 73.2 Å². The number of amides is 1. The maximum Gasteiger partial charge on any atom is 0.336 e. The Bertz CT molecular complexity index is 1530. The highest BCUT2D eigenvalue weighted by Gasteiger charge is 2.16. The van der Waals surface area contributed by atoms with Gasteiger partial charge in [-0.1, -0.05) is 42.0 Å². The monoisotopic (exact) mass is 496 g/mol. The second-order valence-corrected chi connectivity index (χ2v) is 8.42. The molecular weight excluding hydrogens is 474 g/mol. The molecule has 0 atom stereocenters. The molecule has 0 aliphatic heterocycles. The van der Waals surface area contributed by atoms with Crippen molar-refractivity contribution in [2.75, 3.05) is 5.32 Å². The van der Waals surface area contributed by atoms with Crippen molar-refractivity contribution in [1.29, 1.82) is 0 Å². The molecule has 4 aromatic carbocycles. The molecule has 1 heterocycles. The largest absolute Gasteiger partial charge is 0.457 e. The van der Waals surface area contributed by atoms with E-state index in [1.54, 1.807) is 65.3 Å². The number of hydrogen-bond donors (Lipinski definition) is 1. The maximum absolute atomic E-state index is 14.0. The van der Waals surface area contributed by atoms with Crippen molar-refractivity contribution < 1.29 is 18.3 Å². The quantitative estimate of drug-likeness (QED) is 0.285. The van der Waals surface area contributed by atoms with Crippen molar-refractivity contribution in [2.24, 2.45) is 0 Å². The van der Waals surface area contributed by atoms with Crippen LogP contribution in [0, 0.1) is 18.6 Å². The van der Waals surface area contributed by atoms with E-state index in [-0.39, 0.29) is 24.3 Å². The fourth-order valence-corrected chi connectivity index (χ4v) is 3.67. The molecule has 1 aromatic heterocycles. The van der Waals surface area contributed by atoms with E-state index in [9.17, 15) is 13.6 Å². The van der Waals surface area contributed by atoms with Crippen LogP contribution in [0.5, 0.6) is 6.01 Å². The number of hydrogen-bond acceptors (Lipinski definition) is 4. The highest BCUT2D eigenvalue weighted by atomic mass is 19.1. The number of carbonyl (C=O) groups excluding carboxylic acids is 1. The number of aryl methyl sites for hydroxylation is 1. The van der Waals surface area contributed by atoms with Gasteiger partial charge in [-0.2, -0.15) is 4.98 Å². The van der Waals surface area contributed by atoms with E-state index in [2.05, 4.69) is 15.4 Å². The number of aromatic nitrogens is 3. The summed E-state index contributed by atoms with van der Waals surface area (Å²) in [7, 11) is 0. The smallest absolute Gasteiger partial charge is 0.336 e. The zero-order chi connectivity index (χ0) is 25.8. The first kappa shape index (κ1) is 23.9. The third kappa shape index (κ3) is 5.70. The van der Waals surface area contributed by atoms with Gasteiger partial charge in [0.2, 0.25) is 0 Å². The lowest BCUT2D eigenvalue weighted by atomic mass is 10.1. The molecule has 0 saturated carbocycles. The summed E-state index contributed by atoms with van der Waals surface area (Å²) in [5.41, 5.74) is 4.14. The molecule has 37 heavy (non-hydrogen) atoms. The molecule has 0 spiro atoms. The molecule has 0 bridgehead atoms. The first-order chi connectivity index (χ1) is 17.9. The molecule has 0 aliphatic rings. The van der Waals surface area contributed by atoms with E-state index >= 15 is 0 Å². The number of nitrogens with zero attached hydrogens (tertiary/aromatic N) is 3. The average Bonchev–Trinajstić information content (AvgIpc) is 3.33. The first-order valence-corrected chi connectivity index (χ1v) is 11.5. The van der Waals surface area contributed by atoms with Crippen LogP contribution < -0.4 is 10.1 Å². The van der Waals surface area contributed by atoms with Gasteiger partial charge in [0.1, 0.15) is 18.2 Å². The van der Waals surface area contributed by atoms with E-state index < -0.39 is 5.82 Å². The van der Waals surface area contributed by atoms with Crippen molar-refractivity contribution in [2.45, 2.75) is 13.5 Å². The molecule has 8 heteroatoms. The molecule has 0 fully saturated rings. The fourth-order valence-electron chi connectivity index (χ4n) is 3.67. The molecule has 184 valence electrons. The minimum atomic E-state index is -0.407. The normalized spacial score (nSPS) is 10.8. The van der Waals surface area contributed by atoms with Crippen LogP contribution in [0.25, 0.3) is 17.1 Å². The summed E-state index contributed by atoms with van der Waals surface area (Å²) in [4.78, 5) is 17.0. The summed E-state index contributed by atoms with van der Waals surface area (Å²) in [6, 6.07) is 26.4. The molecule has 0 radical (unpaired) electrons. The fraction of sp³-hybridized carbons (Fsp3) is 0.0690. The molecule has 0 aliphatic carbocycles. The van der Waals surface area contributed by atoms with Gasteiger partial charge < -0.3 is 10.1 Å². The lowest BCUT2D eigenvalue weighted by molar-refractivity contribution is 0.102. The van der Waals surface area contributed by atoms with E-state index in [0.717, 1.165) is 11.1 Å². The van der Waals surface area contributed by atoms with Gasteiger partial charge in [0, 0.05) is 16.8 Å². The van der Waals surface area contributed by atoms with E-state index in [4.69, 9.17) is 4.74 Å². The highest BCUT2D eigenvalue weighted by Crippen LogP contribution is 2.25. The number of nitrogens with one attached hydrogen (secondary N) is 1. The Morgan fingerprint density at radius 1 is 0.892 bits per heavy atom. The van der Waals surface area contributed by atoms with Crippen molar-refractivity contribution in [1.82, 2.24) is 14.8 Å².